The van der Waals surface area contributed by atoms with Gasteiger partial charge in [-0.3, -0.25) is 5.32 Å². The largest absolute Gasteiger partial charge is 0.335 e. The number of benzene rings is 2. The summed E-state index contributed by atoms with van der Waals surface area (Å²) in [6, 6.07) is 13.0. The van der Waals surface area contributed by atoms with Gasteiger partial charge in [0.25, 0.3) is 0 Å². The maximum Gasteiger partial charge on any atom is 0.321 e. The molecule has 1 aliphatic heterocycles. The molecule has 2 heterocycles. The number of sulfonamides is 1. The van der Waals surface area contributed by atoms with E-state index in [0.29, 0.717) is 23.0 Å². The van der Waals surface area contributed by atoms with E-state index in [0.717, 1.165) is 47.0 Å². The van der Waals surface area contributed by atoms with Crippen LogP contribution in [0.4, 0.5) is 9.93 Å². The van der Waals surface area contributed by atoms with Gasteiger partial charge in [0.2, 0.25) is 10.0 Å². The number of amides is 2. The van der Waals surface area contributed by atoms with Crippen molar-refractivity contribution in [2.24, 2.45) is 0 Å². The number of aromatic nitrogens is 1. The van der Waals surface area contributed by atoms with Crippen molar-refractivity contribution in [2.75, 3.05) is 11.9 Å². The van der Waals surface area contributed by atoms with Crippen molar-refractivity contribution in [3.8, 4) is 0 Å². The molecule has 31 heavy (non-hydrogen) atoms. The van der Waals surface area contributed by atoms with Crippen LogP contribution in [0.2, 0.25) is 0 Å². The molecule has 0 unspecified atom stereocenters. The van der Waals surface area contributed by atoms with Gasteiger partial charge < -0.3 is 5.32 Å². The Bertz CT molecular complexity index is 1230. The molecule has 2 N–H and O–H groups in total. The van der Waals surface area contributed by atoms with Gasteiger partial charge in [0.1, 0.15) is 0 Å². The highest BCUT2D eigenvalue weighted by molar-refractivity contribution is 7.89. The lowest BCUT2D eigenvalue weighted by Gasteiger charge is -2.25. The molecule has 2 aliphatic rings. The molecule has 2 aromatic carbocycles. The molecule has 162 valence electrons. The van der Waals surface area contributed by atoms with Crippen molar-refractivity contribution in [3.05, 3.63) is 53.0 Å². The maximum atomic E-state index is 13.2. The van der Waals surface area contributed by atoms with Gasteiger partial charge in [-0.15, -0.1) is 0 Å². The smallest absolute Gasteiger partial charge is 0.321 e. The minimum absolute atomic E-state index is 0.233. The summed E-state index contributed by atoms with van der Waals surface area (Å²) >= 11 is 1.35. The van der Waals surface area contributed by atoms with Crippen molar-refractivity contribution in [3.63, 3.8) is 0 Å². The van der Waals surface area contributed by atoms with Crippen LogP contribution in [0.25, 0.3) is 10.8 Å². The van der Waals surface area contributed by atoms with E-state index in [2.05, 4.69) is 15.6 Å². The lowest BCUT2D eigenvalue weighted by molar-refractivity contribution is 0.248. The average molecular weight is 457 g/mol. The summed E-state index contributed by atoms with van der Waals surface area (Å²) in [5.41, 5.74) is 0.867. The van der Waals surface area contributed by atoms with Crippen LogP contribution >= 0.6 is 11.3 Å². The Morgan fingerprint density at radius 2 is 1.87 bits per heavy atom. The summed E-state index contributed by atoms with van der Waals surface area (Å²) in [5.74, 6) is 0. The number of carbonyl (C=O) groups excluding carboxylic acids is 1. The normalized spacial score (nSPS) is 17.5. The number of rotatable bonds is 4. The van der Waals surface area contributed by atoms with Crippen molar-refractivity contribution in [1.29, 1.82) is 0 Å². The first kappa shape index (κ1) is 20.4. The number of carbonyl (C=O) groups is 1. The Kier molecular flexibility index (Phi) is 5.41. The Hall–Kier alpha value is -2.49. The highest BCUT2D eigenvalue weighted by Crippen LogP contribution is 2.32. The molecule has 1 aromatic heterocycles. The Morgan fingerprint density at radius 3 is 2.68 bits per heavy atom. The number of hydrogen-bond acceptors (Lipinski definition) is 5. The van der Waals surface area contributed by atoms with Gasteiger partial charge in [-0.25, -0.2) is 18.2 Å². The summed E-state index contributed by atoms with van der Waals surface area (Å²) in [7, 11) is -3.61. The highest BCUT2D eigenvalue weighted by Gasteiger charge is 2.31. The second-order valence-electron chi connectivity index (χ2n) is 8.07. The van der Waals surface area contributed by atoms with Crippen molar-refractivity contribution >= 4 is 43.3 Å². The zero-order chi connectivity index (χ0) is 21.4. The van der Waals surface area contributed by atoms with E-state index in [1.807, 2.05) is 30.3 Å². The van der Waals surface area contributed by atoms with Crippen LogP contribution in [0.15, 0.2) is 47.4 Å². The van der Waals surface area contributed by atoms with Gasteiger partial charge in [-0.05, 0) is 35.7 Å². The predicted molar refractivity (Wildman–Crippen MR) is 122 cm³/mol. The third kappa shape index (κ3) is 4.17. The zero-order valence-corrected chi connectivity index (χ0v) is 18.6. The lowest BCUT2D eigenvalue weighted by Crippen LogP contribution is -2.36. The van der Waals surface area contributed by atoms with E-state index >= 15 is 0 Å². The first-order valence-corrected chi connectivity index (χ1v) is 12.8. The van der Waals surface area contributed by atoms with Crippen LogP contribution in [-0.2, 0) is 23.0 Å². The van der Waals surface area contributed by atoms with E-state index in [4.69, 9.17) is 0 Å². The molecule has 1 saturated carbocycles. The van der Waals surface area contributed by atoms with E-state index in [9.17, 15) is 13.2 Å². The number of hydrogen-bond donors (Lipinski definition) is 2. The minimum Gasteiger partial charge on any atom is -0.335 e. The molecule has 0 spiro atoms. The second-order valence-corrected chi connectivity index (χ2v) is 11.1. The van der Waals surface area contributed by atoms with E-state index in [1.165, 1.54) is 15.6 Å². The standard InChI is InChI=1S/C22H24N4O3S2/c27-21(23-17-7-3-4-8-17)25-22-24-19-11-12-26(14-20(19)30-22)31(28,29)18-10-9-15-5-1-2-6-16(15)13-18/h1-2,5-6,9-10,13,17H,3-4,7-8,11-12,14H2,(H2,23,24,25,27). The summed E-state index contributed by atoms with van der Waals surface area (Å²) < 4.78 is 28.0. The second kappa shape index (κ2) is 8.22. The van der Waals surface area contributed by atoms with Crippen molar-refractivity contribution in [2.45, 2.75) is 49.6 Å². The van der Waals surface area contributed by atoms with Crippen molar-refractivity contribution in [1.82, 2.24) is 14.6 Å². The number of nitrogens with one attached hydrogen (secondary N) is 2. The number of urea groups is 1. The molecule has 0 saturated heterocycles. The molecule has 3 aromatic rings. The minimum atomic E-state index is -3.61. The molecule has 0 radical (unpaired) electrons. The molecular weight excluding hydrogens is 432 g/mol. The topological polar surface area (TPSA) is 91.4 Å². The number of nitrogens with zero attached hydrogens (tertiary/aromatic N) is 2. The maximum absolute atomic E-state index is 13.2. The lowest BCUT2D eigenvalue weighted by atomic mass is 10.1. The van der Waals surface area contributed by atoms with E-state index in [-0.39, 0.29) is 18.6 Å². The fraction of sp³-hybridized carbons (Fsp3) is 0.364. The van der Waals surface area contributed by atoms with Crippen LogP contribution in [-0.4, -0.2) is 36.3 Å². The number of thiazole rings is 1. The van der Waals surface area contributed by atoms with E-state index in [1.54, 1.807) is 12.1 Å². The summed E-state index contributed by atoms with van der Waals surface area (Å²) in [6.07, 6.45) is 4.87. The van der Waals surface area contributed by atoms with Crippen LogP contribution < -0.4 is 10.6 Å². The van der Waals surface area contributed by atoms with Gasteiger partial charge in [-0.2, -0.15) is 4.31 Å². The van der Waals surface area contributed by atoms with E-state index < -0.39 is 10.0 Å². The molecule has 5 rings (SSSR count). The Labute approximate surface area is 185 Å². The van der Waals surface area contributed by atoms with Crippen LogP contribution in [0.1, 0.15) is 36.3 Å². The molecular formula is C22H24N4O3S2. The zero-order valence-electron chi connectivity index (χ0n) is 17.0. The van der Waals surface area contributed by atoms with Crippen LogP contribution in [0.5, 0.6) is 0 Å². The monoisotopic (exact) mass is 456 g/mol. The molecule has 9 heteroatoms. The van der Waals surface area contributed by atoms with Gasteiger partial charge in [0.05, 0.1) is 17.1 Å². The fourth-order valence-corrected chi connectivity index (χ4v) is 6.84. The first-order chi connectivity index (χ1) is 15.0. The highest BCUT2D eigenvalue weighted by atomic mass is 32.2. The van der Waals surface area contributed by atoms with Gasteiger partial charge in [0, 0.05) is 23.9 Å². The predicted octanol–water partition coefficient (Wildman–Crippen LogP) is 4.11. The molecule has 0 atom stereocenters. The molecule has 0 bridgehead atoms. The quantitative estimate of drug-likeness (QED) is 0.618. The third-order valence-corrected chi connectivity index (χ3v) is 8.80. The molecule has 1 fully saturated rings. The van der Waals surface area contributed by atoms with Crippen LogP contribution in [0, 0.1) is 0 Å². The van der Waals surface area contributed by atoms with Gasteiger partial charge in [0.15, 0.2) is 5.13 Å². The van der Waals surface area contributed by atoms with Crippen molar-refractivity contribution < 1.29 is 13.2 Å². The Balaban J connectivity index is 1.31. The summed E-state index contributed by atoms with van der Waals surface area (Å²) in [4.78, 5) is 17.9. The Morgan fingerprint density at radius 1 is 1.10 bits per heavy atom. The third-order valence-electron chi connectivity index (χ3n) is 5.97. The number of fused-ring (bicyclic) bond motifs is 2. The molecule has 7 nitrogen and oxygen atoms in total. The first-order valence-electron chi connectivity index (χ1n) is 10.5. The SMILES string of the molecule is O=C(Nc1nc2c(s1)CN(S(=O)(=O)c1ccc3ccccc3c1)CC2)NC1CCCC1. The average Bonchev–Trinajstić information content (AvgIpc) is 3.41. The molecule has 2 amide bonds. The van der Waals surface area contributed by atoms with Crippen LogP contribution in [0.3, 0.4) is 0 Å². The molecule has 1 aliphatic carbocycles. The summed E-state index contributed by atoms with van der Waals surface area (Å²) in [6.45, 7) is 0.647. The van der Waals surface area contributed by atoms with Gasteiger partial charge >= 0.3 is 6.03 Å². The number of anilines is 1. The summed E-state index contributed by atoms with van der Waals surface area (Å²) in [5, 5.41) is 8.24. The fourth-order valence-electron chi connectivity index (χ4n) is 4.30. The van der Waals surface area contributed by atoms with Gasteiger partial charge in [-0.1, -0.05) is 54.5 Å².